The largest absolute Gasteiger partial charge is 0.493 e. The van der Waals surface area contributed by atoms with Crippen LogP contribution in [0.2, 0.25) is 5.02 Å². The second kappa shape index (κ2) is 6.34. The van der Waals surface area contributed by atoms with Crippen molar-refractivity contribution in [1.82, 2.24) is 4.90 Å². The zero-order valence-corrected chi connectivity index (χ0v) is 12.9. The van der Waals surface area contributed by atoms with Gasteiger partial charge in [-0.05, 0) is 30.5 Å². The number of hydrogen-bond acceptors (Lipinski definition) is 4. The van der Waals surface area contributed by atoms with E-state index in [-0.39, 0.29) is 5.78 Å². The molecule has 0 spiro atoms. The van der Waals surface area contributed by atoms with Crippen molar-refractivity contribution in [2.75, 3.05) is 26.2 Å². The van der Waals surface area contributed by atoms with Crippen molar-refractivity contribution in [1.29, 1.82) is 0 Å². The fraction of sp³-hybridized carbons (Fsp3) is 0.562. The van der Waals surface area contributed by atoms with Crippen molar-refractivity contribution in [3.8, 4) is 5.75 Å². The number of ketones is 1. The predicted octanol–water partition coefficient (Wildman–Crippen LogP) is 1.81. The summed E-state index contributed by atoms with van der Waals surface area (Å²) in [6, 6.07) is 4.08. The van der Waals surface area contributed by atoms with E-state index in [1.807, 2.05) is 12.1 Å². The quantitative estimate of drug-likeness (QED) is 0.921. The van der Waals surface area contributed by atoms with E-state index in [0.717, 1.165) is 49.2 Å². The summed E-state index contributed by atoms with van der Waals surface area (Å²) in [5, 5.41) is 0.686. The molecule has 114 valence electrons. The van der Waals surface area contributed by atoms with Gasteiger partial charge in [0.1, 0.15) is 5.75 Å². The molecule has 21 heavy (non-hydrogen) atoms. The minimum absolute atomic E-state index is 0.213. The van der Waals surface area contributed by atoms with Crippen LogP contribution in [-0.4, -0.2) is 43.0 Å². The molecule has 0 radical (unpaired) electrons. The third kappa shape index (κ3) is 3.57. The van der Waals surface area contributed by atoms with Gasteiger partial charge >= 0.3 is 0 Å². The molecule has 0 aromatic heterocycles. The molecule has 1 fully saturated rings. The number of likely N-dealkylation sites (tertiary alicyclic amines) is 1. The van der Waals surface area contributed by atoms with Gasteiger partial charge in [0.2, 0.25) is 0 Å². The number of hydrogen-bond donors (Lipinski definition) is 1. The lowest BCUT2D eigenvalue weighted by atomic mass is 10.0. The summed E-state index contributed by atoms with van der Waals surface area (Å²) in [5.74, 6) is 1.08. The first-order valence-electron chi connectivity index (χ1n) is 7.55. The van der Waals surface area contributed by atoms with E-state index in [2.05, 4.69) is 4.90 Å². The highest BCUT2D eigenvalue weighted by atomic mass is 35.5. The fourth-order valence-electron chi connectivity index (χ4n) is 3.11. The van der Waals surface area contributed by atoms with Gasteiger partial charge in [-0.3, -0.25) is 9.69 Å². The van der Waals surface area contributed by atoms with Crippen LogP contribution in [0, 0.1) is 0 Å². The number of rotatable bonds is 4. The monoisotopic (exact) mass is 308 g/mol. The van der Waals surface area contributed by atoms with E-state index in [1.54, 1.807) is 0 Å². The number of nitrogens with two attached hydrogens (primary N) is 1. The van der Waals surface area contributed by atoms with Crippen molar-refractivity contribution >= 4 is 17.4 Å². The summed E-state index contributed by atoms with van der Waals surface area (Å²) in [4.78, 5) is 14.5. The lowest BCUT2D eigenvalue weighted by Crippen LogP contribution is -2.42. The Morgan fingerprint density at radius 1 is 1.38 bits per heavy atom. The molecule has 0 aliphatic carbocycles. The van der Waals surface area contributed by atoms with Gasteiger partial charge in [-0.15, -0.1) is 0 Å². The summed E-state index contributed by atoms with van der Waals surface area (Å²) in [6.45, 7) is 3.00. The van der Waals surface area contributed by atoms with Gasteiger partial charge in [-0.1, -0.05) is 11.6 Å². The highest BCUT2D eigenvalue weighted by molar-refractivity contribution is 6.30. The first-order chi connectivity index (χ1) is 10.1. The number of benzene rings is 1. The molecule has 4 nitrogen and oxygen atoms in total. The molecule has 3 rings (SSSR count). The number of nitrogens with zero attached hydrogens (tertiary/aromatic N) is 1. The van der Waals surface area contributed by atoms with Gasteiger partial charge in [-0.2, -0.15) is 0 Å². The first-order valence-corrected chi connectivity index (χ1v) is 7.93. The Balaban J connectivity index is 1.63. The molecule has 1 aromatic rings. The molecule has 0 amide bonds. The number of fused-ring (bicyclic) bond motifs is 1. The standard InChI is InChI=1S/C16H21ClN2O2/c17-13-7-11-3-6-21-16(11)12(8-13)9-15(20)10-19-4-1-14(18)2-5-19/h7-8,14H,1-6,9-10,18H2. The third-order valence-corrected chi connectivity index (χ3v) is 4.46. The molecule has 1 aromatic carbocycles. The zero-order chi connectivity index (χ0) is 14.8. The van der Waals surface area contributed by atoms with Crippen LogP contribution in [0.3, 0.4) is 0 Å². The van der Waals surface area contributed by atoms with Crippen LogP contribution in [0.25, 0.3) is 0 Å². The van der Waals surface area contributed by atoms with Crippen LogP contribution < -0.4 is 10.5 Å². The van der Waals surface area contributed by atoms with Gasteiger partial charge in [0, 0.05) is 42.6 Å². The number of Topliss-reactive ketones (excluding diaryl/α,β-unsaturated/α-hetero) is 1. The second-order valence-electron chi connectivity index (χ2n) is 5.98. The molecular weight excluding hydrogens is 288 g/mol. The Labute approximate surface area is 130 Å². The average Bonchev–Trinajstić information content (AvgIpc) is 2.89. The Morgan fingerprint density at radius 3 is 2.90 bits per heavy atom. The topological polar surface area (TPSA) is 55.6 Å². The smallest absolute Gasteiger partial charge is 0.151 e. The summed E-state index contributed by atoms with van der Waals surface area (Å²) in [7, 11) is 0. The summed E-state index contributed by atoms with van der Waals surface area (Å²) in [6.07, 6.45) is 3.22. The van der Waals surface area contributed by atoms with Crippen molar-refractivity contribution < 1.29 is 9.53 Å². The van der Waals surface area contributed by atoms with Crippen LogP contribution in [0.15, 0.2) is 12.1 Å². The van der Waals surface area contributed by atoms with Crippen LogP contribution in [0.5, 0.6) is 5.75 Å². The predicted molar refractivity (Wildman–Crippen MR) is 83.0 cm³/mol. The van der Waals surface area contributed by atoms with Crippen LogP contribution in [0.1, 0.15) is 24.0 Å². The van der Waals surface area contributed by atoms with Crippen molar-refractivity contribution in [3.63, 3.8) is 0 Å². The Morgan fingerprint density at radius 2 is 2.14 bits per heavy atom. The van der Waals surface area contributed by atoms with Crippen LogP contribution in [-0.2, 0) is 17.6 Å². The number of piperidine rings is 1. The Bertz CT molecular complexity index is 539. The molecular formula is C16H21ClN2O2. The maximum Gasteiger partial charge on any atom is 0.151 e. The molecule has 2 N–H and O–H groups in total. The molecule has 0 atom stereocenters. The summed E-state index contributed by atoms with van der Waals surface area (Å²) < 4.78 is 5.65. The number of ether oxygens (including phenoxy) is 1. The molecule has 2 heterocycles. The third-order valence-electron chi connectivity index (χ3n) is 4.25. The van der Waals surface area contributed by atoms with E-state index in [1.165, 1.54) is 0 Å². The van der Waals surface area contributed by atoms with Gasteiger partial charge in [0.15, 0.2) is 5.78 Å². The van der Waals surface area contributed by atoms with E-state index >= 15 is 0 Å². The number of halogens is 1. The van der Waals surface area contributed by atoms with Gasteiger partial charge < -0.3 is 10.5 Å². The zero-order valence-electron chi connectivity index (χ0n) is 12.1. The number of carbonyl (C=O) groups excluding carboxylic acids is 1. The summed E-state index contributed by atoms with van der Waals surface area (Å²) in [5.41, 5.74) is 7.93. The molecule has 0 saturated carbocycles. The highest BCUT2D eigenvalue weighted by Crippen LogP contribution is 2.33. The molecule has 0 unspecified atom stereocenters. The van der Waals surface area contributed by atoms with E-state index in [9.17, 15) is 4.79 Å². The van der Waals surface area contributed by atoms with Gasteiger partial charge in [-0.25, -0.2) is 0 Å². The lowest BCUT2D eigenvalue weighted by molar-refractivity contribution is -0.119. The van der Waals surface area contributed by atoms with E-state index in [0.29, 0.717) is 30.6 Å². The van der Waals surface area contributed by atoms with Gasteiger partial charge in [0.05, 0.1) is 13.2 Å². The summed E-state index contributed by atoms with van der Waals surface area (Å²) >= 11 is 6.13. The lowest BCUT2D eigenvalue weighted by Gasteiger charge is -2.29. The normalized spacial score (nSPS) is 19.3. The maximum absolute atomic E-state index is 12.3. The number of carbonyl (C=O) groups is 1. The minimum atomic E-state index is 0.213. The van der Waals surface area contributed by atoms with Gasteiger partial charge in [0.25, 0.3) is 0 Å². The van der Waals surface area contributed by atoms with Crippen molar-refractivity contribution in [2.45, 2.75) is 31.7 Å². The SMILES string of the molecule is NC1CCN(CC(=O)Cc2cc(Cl)cc3c2OCC3)CC1. The fourth-order valence-corrected chi connectivity index (χ4v) is 3.37. The molecule has 2 aliphatic rings. The van der Waals surface area contributed by atoms with E-state index in [4.69, 9.17) is 22.1 Å². The van der Waals surface area contributed by atoms with E-state index < -0.39 is 0 Å². The maximum atomic E-state index is 12.3. The van der Waals surface area contributed by atoms with Crippen LogP contribution in [0.4, 0.5) is 0 Å². The second-order valence-corrected chi connectivity index (χ2v) is 6.42. The van der Waals surface area contributed by atoms with Crippen LogP contribution >= 0.6 is 11.6 Å². The molecule has 1 saturated heterocycles. The first kappa shape index (κ1) is 14.8. The average molecular weight is 309 g/mol. The molecule has 2 aliphatic heterocycles. The van der Waals surface area contributed by atoms with Crippen molar-refractivity contribution in [2.24, 2.45) is 5.73 Å². The minimum Gasteiger partial charge on any atom is -0.493 e. The molecule has 5 heteroatoms. The highest BCUT2D eigenvalue weighted by Gasteiger charge is 2.22. The van der Waals surface area contributed by atoms with Crippen molar-refractivity contribution in [3.05, 3.63) is 28.3 Å². The Hall–Kier alpha value is -1.10. The Kier molecular flexibility index (Phi) is 4.48. The molecule has 0 bridgehead atoms.